The number of rotatable bonds is 13. The Hall–Kier alpha value is 0.189. The molecular formula is C36H66O4Sn. The number of aliphatic hydroxyl groups excluding tert-OH is 2. The fraction of sp³-hybridized carbons (Fsp3) is 0.972. The summed E-state index contributed by atoms with van der Waals surface area (Å²) in [7, 11) is 0. The molecule has 4 saturated carbocycles. The SMILES string of the molecule is CCC[CH2][Sn+]([CH2]CCC)[CH2]CCC.C[C@H](CCC(=O)[O-])[C@H]1CCC2C3CC[C@@H]4C[C@H](O)CC[C@]4(C)C3C[C@H](O)[C@@]21C. The molecule has 0 heterocycles. The number of unbranched alkanes of at least 4 members (excludes halogenated alkanes) is 3. The van der Waals surface area contributed by atoms with Crippen molar-refractivity contribution in [3.63, 3.8) is 0 Å². The molecule has 4 rings (SSSR count). The van der Waals surface area contributed by atoms with Gasteiger partial charge in [-0.3, -0.25) is 0 Å². The van der Waals surface area contributed by atoms with Crippen molar-refractivity contribution in [3.05, 3.63) is 0 Å². The third-order valence-electron chi connectivity index (χ3n) is 13.0. The Balaban J connectivity index is 0.000000302. The largest absolute Gasteiger partial charge is 0.550 e. The third-order valence-corrected chi connectivity index (χ3v) is 22.0. The normalized spacial score (nSPS) is 38.6. The molecule has 3 unspecified atom stereocenters. The number of aliphatic hydroxyl groups is 2. The van der Waals surface area contributed by atoms with Crippen LogP contribution in [0.4, 0.5) is 0 Å². The minimum Gasteiger partial charge on any atom is -0.550 e. The Kier molecular flexibility index (Phi) is 14.3. The molecule has 0 bridgehead atoms. The monoisotopic (exact) mass is 682 g/mol. The van der Waals surface area contributed by atoms with Gasteiger partial charge in [-0.15, -0.1) is 0 Å². The van der Waals surface area contributed by atoms with Gasteiger partial charge in [0.05, 0.1) is 12.2 Å². The maximum Gasteiger partial charge on any atom is 0.0602 e. The van der Waals surface area contributed by atoms with Crippen LogP contribution >= 0.6 is 0 Å². The van der Waals surface area contributed by atoms with E-state index in [1.165, 1.54) is 57.8 Å². The van der Waals surface area contributed by atoms with Crippen molar-refractivity contribution in [2.45, 2.75) is 170 Å². The van der Waals surface area contributed by atoms with E-state index in [9.17, 15) is 20.1 Å². The maximum atomic E-state index is 11.5. The summed E-state index contributed by atoms with van der Waals surface area (Å²) in [5.74, 6) is 2.19. The first-order valence-corrected chi connectivity index (χ1v) is 24.0. The summed E-state index contributed by atoms with van der Waals surface area (Å²) in [5, 5.41) is 32.6. The molecule has 10 atom stereocenters. The fourth-order valence-electron chi connectivity index (χ4n) is 10.4. The summed E-state index contributed by atoms with van der Waals surface area (Å²) in [6.07, 6.45) is 17.8. The first-order valence-electron chi connectivity index (χ1n) is 17.9. The van der Waals surface area contributed by atoms with E-state index >= 15 is 0 Å². The summed E-state index contributed by atoms with van der Waals surface area (Å²) < 4.78 is 5.04. The molecule has 0 aromatic rings. The van der Waals surface area contributed by atoms with Gasteiger partial charge in [0, 0.05) is 5.97 Å². The number of carbonyl (C=O) groups is 1. The Labute approximate surface area is 261 Å². The summed E-state index contributed by atoms with van der Waals surface area (Å²) in [4.78, 5) is 10.9. The number of carbonyl (C=O) groups excluding carboxylic acids is 1. The molecule has 238 valence electrons. The van der Waals surface area contributed by atoms with Gasteiger partial charge < -0.3 is 20.1 Å². The first-order chi connectivity index (χ1) is 19.5. The van der Waals surface area contributed by atoms with Crippen molar-refractivity contribution < 1.29 is 20.1 Å². The molecule has 0 saturated heterocycles. The summed E-state index contributed by atoms with van der Waals surface area (Å²) in [6, 6.07) is 0. The van der Waals surface area contributed by atoms with Crippen molar-refractivity contribution in [3.8, 4) is 0 Å². The molecule has 0 radical (unpaired) electrons. The Morgan fingerprint density at radius 2 is 1.49 bits per heavy atom. The quantitative estimate of drug-likeness (QED) is 0.193. The number of fused-ring (bicyclic) bond motifs is 5. The number of aliphatic carboxylic acids is 1. The van der Waals surface area contributed by atoms with Crippen LogP contribution in [0.2, 0.25) is 13.3 Å². The van der Waals surface area contributed by atoms with Gasteiger partial charge in [0.25, 0.3) is 0 Å². The zero-order valence-corrected chi connectivity index (χ0v) is 30.6. The molecule has 5 heteroatoms. The molecule has 4 nitrogen and oxygen atoms in total. The van der Waals surface area contributed by atoms with Crippen molar-refractivity contribution >= 4 is 25.7 Å². The Morgan fingerprint density at radius 3 is 2.05 bits per heavy atom. The van der Waals surface area contributed by atoms with Gasteiger partial charge >= 0.3 is 92.4 Å². The predicted octanol–water partition coefficient (Wildman–Crippen LogP) is 8.02. The van der Waals surface area contributed by atoms with Crippen LogP contribution in [0.15, 0.2) is 0 Å². The van der Waals surface area contributed by atoms with Crippen LogP contribution in [0.1, 0.15) is 144 Å². The third kappa shape index (κ3) is 8.47. The Morgan fingerprint density at radius 1 is 0.878 bits per heavy atom. The number of hydrogen-bond donors (Lipinski definition) is 2. The van der Waals surface area contributed by atoms with E-state index in [2.05, 4.69) is 41.5 Å². The molecule has 0 amide bonds. The zero-order valence-electron chi connectivity index (χ0n) is 27.8. The van der Waals surface area contributed by atoms with Crippen LogP contribution in [0.25, 0.3) is 0 Å². The smallest absolute Gasteiger partial charge is 0.0602 e. The minimum absolute atomic E-state index is 0.0795. The molecule has 0 spiro atoms. The van der Waals surface area contributed by atoms with Crippen molar-refractivity contribution in [2.24, 2.45) is 46.3 Å². The topological polar surface area (TPSA) is 80.6 Å². The van der Waals surface area contributed by atoms with Crippen LogP contribution in [0, 0.1) is 46.3 Å². The van der Waals surface area contributed by atoms with Gasteiger partial charge in [0.2, 0.25) is 0 Å². The molecular weight excluding hydrogens is 615 g/mol. The second-order valence-corrected chi connectivity index (χ2v) is 23.9. The van der Waals surface area contributed by atoms with Gasteiger partial charge in [0.15, 0.2) is 0 Å². The van der Waals surface area contributed by atoms with E-state index in [1.54, 1.807) is 13.3 Å². The van der Waals surface area contributed by atoms with Crippen LogP contribution in [-0.2, 0) is 4.79 Å². The van der Waals surface area contributed by atoms with Gasteiger partial charge in [0.1, 0.15) is 0 Å². The van der Waals surface area contributed by atoms with Gasteiger partial charge in [-0.2, -0.15) is 0 Å². The van der Waals surface area contributed by atoms with Crippen molar-refractivity contribution in [2.75, 3.05) is 0 Å². The van der Waals surface area contributed by atoms with E-state index in [0.29, 0.717) is 41.9 Å². The van der Waals surface area contributed by atoms with E-state index in [0.717, 1.165) is 32.1 Å². The fourth-order valence-corrected chi connectivity index (χ4v) is 19.8. The van der Waals surface area contributed by atoms with Gasteiger partial charge in [-0.05, 0) is 111 Å². The van der Waals surface area contributed by atoms with Gasteiger partial charge in [-0.1, -0.05) is 20.8 Å². The standard InChI is InChI=1S/C24H40O4.3C4H9.Sn/c1-14(4-9-22(27)28)18-7-8-19-17-6-5-15-12-16(25)10-11-23(15,2)20(17)13-21(26)24(18,19)3;3*1-3-4-2;/h14-21,25-26H,4-13H2,1-3H3,(H,27,28);3*1,3-4H2,2H3;/q;;;;+1/p-1/t14-,15-,16-,17?,18-,19?,20?,21+,23+,24-;;;;/m1..../s1. The van der Waals surface area contributed by atoms with E-state index < -0.39 is 25.7 Å². The predicted molar refractivity (Wildman–Crippen MR) is 171 cm³/mol. The van der Waals surface area contributed by atoms with Gasteiger partial charge in [-0.25, -0.2) is 0 Å². The molecule has 0 aromatic heterocycles. The zero-order chi connectivity index (χ0) is 30.2. The van der Waals surface area contributed by atoms with E-state index in [4.69, 9.17) is 0 Å². The summed E-state index contributed by atoms with van der Waals surface area (Å²) >= 11 is -0.839. The molecule has 4 aliphatic rings. The Bertz CT molecular complexity index is 771. The van der Waals surface area contributed by atoms with Crippen molar-refractivity contribution in [1.82, 2.24) is 0 Å². The molecule has 0 aromatic carbocycles. The molecule has 4 aliphatic carbocycles. The second-order valence-electron chi connectivity index (χ2n) is 15.3. The molecule has 4 fully saturated rings. The van der Waals surface area contributed by atoms with E-state index in [-0.39, 0.29) is 29.5 Å². The average Bonchev–Trinajstić information content (AvgIpc) is 3.31. The molecule has 0 aliphatic heterocycles. The number of carboxylic acids is 1. The van der Waals surface area contributed by atoms with Crippen LogP contribution < -0.4 is 5.11 Å². The van der Waals surface area contributed by atoms with E-state index in [1.807, 2.05) is 0 Å². The summed E-state index contributed by atoms with van der Waals surface area (Å²) in [6.45, 7) is 13.9. The second kappa shape index (κ2) is 16.5. The van der Waals surface area contributed by atoms with Crippen molar-refractivity contribution in [1.29, 1.82) is 0 Å². The number of hydrogen-bond acceptors (Lipinski definition) is 4. The average molecular weight is 682 g/mol. The molecule has 2 N–H and O–H groups in total. The molecule has 41 heavy (non-hydrogen) atoms. The first kappa shape index (κ1) is 35.7. The minimum atomic E-state index is -0.957. The van der Waals surface area contributed by atoms with Crippen LogP contribution in [-0.4, -0.2) is 48.1 Å². The van der Waals surface area contributed by atoms with Crippen LogP contribution in [0.3, 0.4) is 0 Å². The number of carboxylic acid groups (broad SMARTS) is 1. The van der Waals surface area contributed by atoms with Crippen LogP contribution in [0.5, 0.6) is 0 Å². The summed E-state index contributed by atoms with van der Waals surface area (Å²) in [5.41, 5.74) is 0.188. The maximum absolute atomic E-state index is 11.5.